The summed E-state index contributed by atoms with van der Waals surface area (Å²) in [6.45, 7) is 0.737. The lowest BCUT2D eigenvalue weighted by Gasteiger charge is -2.24. The van der Waals surface area contributed by atoms with Crippen molar-refractivity contribution >= 4 is 34.5 Å². The van der Waals surface area contributed by atoms with Gasteiger partial charge in [-0.3, -0.25) is 9.59 Å². The van der Waals surface area contributed by atoms with Crippen molar-refractivity contribution in [2.75, 3.05) is 20.2 Å². The third kappa shape index (κ3) is 4.55. The van der Waals surface area contributed by atoms with Gasteiger partial charge >= 0.3 is 5.97 Å². The highest BCUT2D eigenvalue weighted by atomic mass is 127. The zero-order valence-corrected chi connectivity index (χ0v) is 16.6. The zero-order valence-electron chi connectivity index (χ0n) is 14.5. The Morgan fingerprint density at radius 2 is 2.04 bits per heavy atom. The first-order valence-corrected chi connectivity index (χ1v) is 9.51. The van der Waals surface area contributed by atoms with Gasteiger partial charge in [0.2, 0.25) is 0 Å². The number of methoxy groups -OCH3 is 1. The van der Waals surface area contributed by atoms with Gasteiger partial charge in [-0.2, -0.15) is 0 Å². The molecule has 0 N–H and O–H groups in total. The highest BCUT2D eigenvalue weighted by Crippen LogP contribution is 2.28. The Morgan fingerprint density at radius 3 is 2.77 bits per heavy atom. The molecule has 0 saturated heterocycles. The number of hydrogen-bond acceptors (Lipinski definition) is 4. The van der Waals surface area contributed by atoms with Gasteiger partial charge in [0, 0.05) is 16.5 Å². The molecule has 6 heteroatoms. The molecule has 2 aromatic rings. The fourth-order valence-corrected chi connectivity index (χ4v) is 3.48. The molecule has 3 rings (SSSR count). The van der Waals surface area contributed by atoms with Crippen molar-refractivity contribution in [1.29, 1.82) is 0 Å². The molecule has 1 aliphatic heterocycles. The summed E-state index contributed by atoms with van der Waals surface area (Å²) in [7, 11) is 1.35. The summed E-state index contributed by atoms with van der Waals surface area (Å²) in [6.07, 6.45) is 0.675. The normalized spacial score (nSPS) is 16.5. The van der Waals surface area contributed by atoms with Crippen molar-refractivity contribution < 1.29 is 19.1 Å². The maximum absolute atomic E-state index is 13.0. The van der Waals surface area contributed by atoms with E-state index in [4.69, 9.17) is 9.47 Å². The second-order valence-electron chi connectivity index (χ2n) is 6.15. The Labute approximate surface area is 166 Å². The number of amides is 1. The van der Waals surface area contributed by atoms with E-state index in [0.29, 0.717) is 30.8 Å². The van der Waals surface area contributed by atoms with Crippen LogP contribution in [0.25, 0.3) is 0 Å². The van der Waals surface area contributed by atoms with Gasteiger partial charge in [0.1, 0.15) is 11.9 Å². The Kier molecular flexibility index (Phi) is 6.13. The molecule has 5 nitrogen and oxygen atoms in total. The van der Waals surface area contributed by atoms with E-state index in [1.165, 1.54) is 7.11 Å². The van der Waals surface area contributed by atoms with Crippen molar-refractivity contribution in [2.45, 2.75) is 18.9 Å². The van der Waals surface area contributed by atoms with Gasteiger partial charge in [-0.1, -0.05) is 30.3 Å². The Balaban J connectivity index is 1.86. The summed E-state index contributed by atoms with van der Waals surface area (Å²) in [6, 6.07) is 15.6. The topological polar surface area (TPSA) is 55.8 Å². The van der Waals surface area contributed by atoms with Gasteiger partial charge in [-0.25, -0.2) is 0 Å². The van der Waals surface area contributed by atoms with Crippen molar-refractivity contribution in [1.82, 2.24) is 4.90 Å². The monoisotopic (exact) mass is 465 g/mol. The number of fused-ring (bicyclic) bond motifs is 1. The molecule has 1 unspecified atom stereocenters. The quantitative estimate of drug-likeness (QED) is 0.503. The first-order valence-electron chi connectivity index (χ1n) is 8.43. The van der Waals surface area contributed by atoms with E-state index in [1.807, 2.05) is 48.5 Å². The summed E-state index contributed by atoms with van der Waals surface area (Å²) in [5, 5.41) is 0. The van der Waals surface area contributed by atoms with E-state index in [-0.39, 0.29) is 24.4 Å². The molecule has 26 heavy (non-hydrogen) atoms. The van der Waals surface area contributed by atoms with E-state index in [1.54, 1.807) is 4.90 Å². The lowest BCUT2D eigenvalue weighted by atomic mass is 10.1. The molecule has 0 aliphatic carbocycles. The summed E-state index contributed by atoms with van der Waals surface area (Å²) < 4.78 is 11.8. The smallest absolute Gasteiger partial charge is 0.307 e. The van der Waals surface area contributed by atoms with E-state index < -0.39 is 0 Å². The first-order chi connectivity index (χ1) is 12.6. The second-order valence-corrected chi connectivity index (χ2v) is 7.39. The minimum Gasteiger partial charge on any atom is -0.487 e. The maximum atomic E-state index is 13.0. The number of halogens is 1. The fourth-order valence-electron chi connectivity index (χ4n) is 2.99. The van der Waals surface area contributed by atoms with Crippen molar-refractivity contribution in [3.05, 3.63) is 63.2 Å². The molecule has 0 aromatic heterocycles. The van der Waals surface area contributed by atoms with Gasteiger partial charge in [0.05, 0.1) is 25.6 Å². The van der Waals surface area contributed by atoms with Crippen LogP contribution >= 0.6 is 22.6 Å². The zero-order chi connectivity index (χ0) is 18.5. The van der Waals surface area contributed by atoms with Crippen LogP contribution in [-0.4, -0.2) is 43.1 Å². The maximum Gasteiger partial charge on any atom is 0.307 e. The molecule has 2 aromatic carbocycles. The Bertz CT molecular complexity index is 794. The van der Waals surface area contributed by atoms with Gasteiger partial charge in [-0.05, 0) is 46.4 Å². The molecule has 1 aliphatic rings. The predicted molar refractivity (Wildman–Crippen MR) is 106 cm³/mol. The molecule has 1 heterocycles. The van der Waals surface area contributed by atoms with Crippen LogP contribution in [0.2, 0.25) is 0 Å². The van der Waals surface area contributed by atoms with E-state index in [9.17, 15) is 9.59 Å². The molecule has 0 bridgehead atoms. The van der Waals surface area contributed by atoms with Crippen LogP contribution in [0.3, 0.4) is 0 Å². The Hall–Kier alpha value is -2.09. The van der Waals surface area contributed by atoms with Crippen LogP contribution in [0, 0.1) is 3.57 Å². The van der Waals surface area contributed by atoms with E-state index >= 15 is 0 Å². The van der Waals surface area contributed by atoms with Gasteiger partial charge in [0.15, 0.2) is 0 Å². The van der Waals surface area contributed by atoms with Crippen LogP contribution in [0.1, 0.15) is 22.3 Å². The third-order valence-corrected chi connectivity index (χ3v) is 4.97. The molecule has 0 radical (unpaired) electrons. The molecular formula is C20H20INO4. The number of carbonyl (C=O) groups excluding carboxylic acids is 2. The number of benzene rings is 2. The average Bonchev–Trinajstić information content (AvgIpc) is 2.77. The standard InChI is InChI=1S/C20H20INO4/c1-25-19(23)9-10-22-13-16(11-14-5-3-2-4-6-14)26-18-8-7-15(21)12-17(18)20(22)24/h2-8,12,16H,9-11,13H2,1H3. The van der Waals surface area contributed by atoms with Gasteiger partial charge in [0.25, 0.3) is 5.91 Å². The summed E-state index contributed by atoms with van der Waals surface area (Å²) >= 11 is 2.18. The molecule has 136 valence electrons. The fraction of sp³-hybridized carbons (Fsp3) is 0.300. The van der Waals surface area contributed by atoms with Gasteiger partial charge < -0.3 is 14.4 Å². The largest absolute Gasteiger partial charge is 0.487 e. The number of hydrogen-bond donors (Lipinski definition) is 0. The second kappa shape index (κ2) is 8.53. The Morgan fingerprint density at radius 1 is 1.27 bits per heavy atom. The SMILES string of the molecule is COC(=O)CCN1CC(Cc2ccccc2)Oc2ccc(I)cc2C1=O. The van der Waals surface area contributed by atoms with Crippen molar-refractivity contribution in [2.24, 2.45) is 0 Å². The third-order valence-electron chi connectivity index (χ3n) is 4.30. The van der Waals surface area contributed by atoms with E-state index in [0.717, 1.165) is 9.13 Å². The lowest BCUT2D eigenvalue weighted by Crippen LogP contribution is -2.39. The first kappa shape index (κ1) is 18.7. The number of esters is 1. The van der Waals surface area contributed by atoms with Crippen molar-refractivity contribution in [3.8, 4) is 5.75 Å². The van der Waals surface area contributed by atoms with Crippen LogP contribution in [0.15, 0.2) is 48.5 Å². The molecule has 1 amide bonds. The van der Waals surface area contributed by atoms with Crippen LogP contribution in [0.4, 0.5) is 0 Å². The number of ether oxygens (including phenoxy) is 2. The molecule has 0 spiro atoms. The molecule has 0 saturated carbocycles. The van der Waals surface area contributed by atoms with Crippen molar-refractivity contribution in [3.63, 3.8) is 0 Å². The lowest BCUT2D eigenvalue weighted by molar-refractivity contribution is -0.140. The van der Waals surface area contributed by atoms with Crippen LogP contribution in [-0.2, 0) is 16.0 Å². The number of nitrogens with zero attached hydrogens (tertiary/aromatic N) is 1. The summed E-state index contributed by atoms with van der Waals surface area (Å²) in [5.41, 5.74) is 1.68. The number of carbonyl (C=O) groups is 2. The summed E-state index contributed by atoms with van der Waals surface area (Å²) in [4.78, 5) is 26.2. The molecular weight excluding hydrogens is 445 g/mol. The molecule has 1 atom stereocenters. The molecule has 0 fully saturated rings. The highest BCUT2D eigenvalue weighted by molar-refractivity contribution is 14.1. The van der Waals surface area contributed by atoms with Crippen LogP contribution in [0.5, 0.6) is 5.75 Å². The minimum atomic E-state index is -0.328. The predicted octanol–water partition coefficient (Wildman–Crippen LogP) is 3.30. The minimum absolute atomic E-state index is 0.113. The average molecular weight is 465 g/mol. The number of rotatable bonds is 5. The van der Waals surface area contributed by atoms with Crippen LogP contribution < -0.4 is 4.74 Å². The van der Waals surface area contributed by atoms with E-state index in [2.05, 4.69) is 22.6 Å². The highest BCUT2D eigenvalue weighted by Gasteiger charge is 2.29. The summed E-state index contributed by atoms with van der Waals surface area (Å²) in [5.74, 6) is 0.153. The van der Waals surface area contributed by atoms with Gasteiger partial charge in [-0.15, -0.1) is 0 Å².